The highest BCUT2D eigenvalue weighted by Gasteiger charge is 2.18. The quantitative estimate of drug-likeness (QED) is 0.647. The molecular weight excluding hydrogens is 252 g/mol. The Morgan fingerprint density at radius 1 is 1.47 bits per heavy atom. The van der Waals surface area contributed by atoms with E-state index < -0.39 is 17.9 Å². The Labute approximate surface area is 110 Å². The molecule has 0 spiro atoms. The summed E-state index contributed by atoms with van der Waals surface area (Å²) in [6.07, 6.45) is 1.12. The molecule has 1 atom stereocenters. The Bertz CT molecular complexity index is 432. The fraction of sp³-hybridized carbons (Fsp3) is 0.417. The van der Waals surface area contributed by atoms with Gasteiger partial charge in [-0.1, -0.05) is 6.07 Å². The number of amides is 1. The molecule has 1 aromatic rings. The number of ether oxygens (including phenoxy) is 1. The molecule has 0 unspecified atom stereocenters. The summed E-state index contributed by atoms with van der Waals surface area (Å²) in [4.78, 5) is 26.2. The number of carboxylic acid groups (broad SMARTS) is 1. The second kappa shape index (κ2) is 7.32. The van der Waals surface area contributed by atoms with E-state index in [4.69, 9.17) is 14.9 Å². The minimum atomic E-state index is -1.04. The predicted molar refractivity (Wildman–Crippen MR) is 65.6 cm³/mol. The largest absolute Gasteiger partial charge is 0.481 e. The van der Waals surface area contributed by atoms with Gasteiger partial charge in [0.25, 0.3) is 0 Å². The van der Waals surface area contributed by atoms with Crippen LogP contribution in [-0.2, 0) is 9.59 Å². The van der Waals surface area contributed by atoms with Crippen LogP contribution < -0.4 is 10.1 Å². The predicted octanol–water partition coefficient (Wildman–Crippen LogP) is 0.105. The van der Waals surface area contributed by atoms with Crippen molar-refractivity contribution in [3.05, 3.63) is 23.9 Å². The van der Waals surface area contributed by atoms with Crippen LogP contribution >= 0.6 is 0 Å². The van der Waals surface area contributed by atoms with Gasteiger partial charge in [0.1, 0.15) is 0 Å². The molecule has 0 saturated heterocycles. The van der Waals surface area contributed by atoms with Crippen LogP contribution in [0, 0.1) is 0 Å². The van der Waals surface area contributed by atoms with Crippen molar-refractivity contribution in [2.24, 2.45) is 0 Å². The van der Waals surface area contributed by atoms with Gasteiger partial charge in [0.2, 0.25) is 11.8 Å². The van der Waals surface area contributed by atoms with Gasteiger partial charge in [-0.15, -0.1) is 0 Å². The van der Waals surface area contributed by atoms with Crippen LogP contribution in [0.25, 0.3) is 0 Å². The zero-order valence-corrected chi connectivity index (χ0v) is 10.5. The molecular formula is C12H16N2O5. The molecule has 104 valence electrons. The van der Waals surface area contributed by atoms with Gasteiger partial charge in [0, 0.05) is 18.7 Å². The summed E-state index contributed by atoms with van der Waals surface area (Å²) in [5.74, 6) is -1.05. The molecule has 19 heavy (non-hydrogen) atoms. The number of hydrogen-bond donors (Lipinski definition) is 3. The van der Waals surface area contributed by atoms with Gasteiger partial charge in [0.05, 0.1) is 26.2 Å². The molecule has 1 heterocycles. The molecule has 1 amide bonds. The summed E-state index contributed by atoms with van der Waals surface area (Å²) in [5.41, 5.74) is 0.564. The lowest BCUT2D eigenvalue weighted by atomic mass is 10.1. The summed E-state index contributed by atoms with van der Waals surface area (Å²) in [5, 5.41) is 20.0. The van der Waals surface area contributed by atoms with E-state index in [0.717, 1.165) is 0 Å². The summed E-state index contributed by atoms with van der Waals surface area (Å²) in [6.45, 7) is -0.285. The molecule has 0 aliphatic rings. The van der Waals surface area contributed by atoms with Crippen LogP contribution in [0.4, 0.5) is 0 Å². The minimum Gasteiger partial charge on any atom is -0.481 e. The van der Waals surface area contributed by atoms with Crippen LogP contribution in [0.3, 0.4) is 0 Å². The Kier molecular flexibility index (Phi) is 5.74. The van der Waals surface area contributed by atoms with E-state index in [-0.39, 0.29) is 19.4 Å². The maximum absolute atomic E-state index is 11.4. The normalized spacial score (nSPS) is 11.7. The number of nitrogens with one attached hydrogen (secondary N) is 1. The zero-order chi connectivity index (χ0) is 14.3. The van der Waals surface area contributed by atoms with Crippen molar-refractivity contribution in [3.63, 3.8) is 0 Å². The van der Waals surface area contributed by atoms with Crippen molar-refractivity contribution in [1.82, 2.24) is 10.3 Å². The molecule has 0 radical (unpaired) electrons. The standard InChI is InChI=1S/C12H16N2O5/c1-19-11-3-2-8(7-13-11)9(6-12(17)18)14-10(16)4-5-15/h2-3,7,9,15H,4-6H2,1H3,(H,14,16)(H,17,18)/t9-/m0/s1. The number of aliphatic hydroxyl groups is 1. The smallest absolute Gasteiger partial charge is 0.305 e. The van der Waals surface area contributed by atoms with Gasteiger partial charge >= 0.3 is 5.97 Å². The van der Waals surface area contributed by atoms with Gasteiger partial charge in [0.15, 0.2) is 0 Å². The number of methoxy groups -OCH3 is 1. The molecule has 7 heteroatoms. The van der Waals surface area contributed by atoms with Crippen LogP contribution in [0.15, 0.2) is 18.3 Å². The molecule has 1 rings (SSSR count). The number of carbonyl (C=O) groups excluding carboxylic acids is 1. The van der Waals surface area contributed by atoms with E-state index >= 15 is 0 Å². The second-order valence-corrected chi connectivity index (χ2v) is 3.83. The number of aliphatic hydroxyl groups excluding tert-OH is 1. The highest BCUT2D eigenvalue weighted by molar-refractivity contribution is 5.77. The third-order valence-corrected chi connectivity index (χ3v) is 2.42. The first kappa shape index (κ1) is 14.9. The topological polar surface area (TPSA) is 109 Å². The molecule has 0 aliphatic carbocycles. The SMILES string of the molecule is COc1ccc([C@H](CC(=O)O)NC(=O)CCO)cn1. The van der Waals surface area contributed by atoms with Gasteiger partial charge in [-0.25, -0.2) is 4.98 Å². The number of aromatic nitrogens is 1. The molecule has 7 nitrogen and oxygen atoms in total. The lowest BCUT2D eigenvalue weighted by Crippen LogP contribution is -2.30. The summed E-state index contributed by atoms with van der Waals surface area (Å²) in [7, 11) is 1.47. The third-order valence-electron chi connectivity index (χ3n) is 2.42. The Morgan fingerprint density at radius 2 is 2.21 bits per heavy atom. The molecule has 0 saturated carbocycles. The van der Waals surface area contributed by atoms with Crippen LogP contribution in [0.2, 0.25) is 0 Å². The number of pyridine rings is 1. The van der Waals surface area contributed by atoms with Gasteiger partial charge in [-0.2, -0.15) is 0 Å². The maximum Gasteiger partial charge on any atom is 0.305 e. The first-order valence-corrected chi connectivity index (χ1v) is 5.68. The average Bonchev–Trinajstić information content (AvgIpc) is 2.38. The Balaban J connectivity index is 2.82. The summed E-state index contributed by atoms with van der Waals surface area (Å²) in [6, 6.07) is 2.54. The van der Waals surface area contributed by atoms with E-state index in [9.17, 15) is 9.59 Å². The van der Waals surface area contributed by atoms with Crippen LogP contribution in [0.1, 0.15) is 24.4 Å². The fourth-order valence-corrected chi connectivity index (χ4v) is 1.51. The first-order chi connectivity index (χ1) is 9.06. The lowest BCUT2D eigenvalue weighted by Gasteiger charge is -2.17. The number of nitrogens with zero attached hydrogens (tertiary/aromatic N) is 1. The first-order valence-electron chi connectivity index (χ1n) is 5.68. The number of aliphatic carboxylic acids is 1. The van der Waals surface area contributed by atoms with Crippen molar-refractivity contribution in [1.29, 1.82) is 0 Å². The lowest BCUT2D eigenvalue weighted by molar-refractivity contribution is -0.137. The van der Waals surface area contributed by atoms with Gasteiger partial charge in [-0.3, -0.25) is 9.59 Å². The summed E-state index contributed by atoms with van der Waals surface area (Å²) < 4.78 is 4.90. The van der Waals surface area contributed by atoms with Crippen molar-refractivity contribution in [2.45, 2.75) is 18.9 Å². The molecule has 0 fully saturated rings. The third kappa shape index (κ3) is 4.92. The molecule has 1 aromatic heterocycles. The average molecular weight is 268 g/mol. The zero-order valence-electron chi connectivity index (χ0n) is 10.5. The van der Waals surface area contributed by atoms with E-state index in [1.54, 1.807) is 12.1 Å². The van der Waals surface area contributed by atoms with Crippen LogP contribution in [0.5, 0.6) is 5.88 Å². The van der Waals surface area contributed by atoms with Crippen LogP contribution in [-0.4, -0.2) is 40.8 Å². The number of rotatable bonds is 7. The maximum atomic E-state index is 11.4. The second-order valence-electron chi connectivity index (χ2n) is 3.83. The Hall–Kier alpha value is -2.15. The van der Waals surface area contributed by atoms with Crippen molar-refractivity contribution in [2.75, 3.05) is 13.7 Å². The van der Waals surface area contributed by atoms with Gasteiger partial charge in [-0.05, 0) is 5.56 Å². The number of carboxylic acids is 1. The Morgan fingerprint density at radius 3 is 2.68 bits per heavy atom. The molecule has 0 bridgehead atoms. The number of carbonyl (C=O) groups is 2. The molecule has 0 aromatic carbocycles. The monoisotopic (exact) mass is 268 g/mol. The van der Waals surface area contributed by atoms with E-state index in [0.29, 0.717) is 11.4 Å². The van der Waals surface area contributed by atoms with E-state index in [2.05, 4.69) is 10.3 Å². The minimum absolute atomic E-state index is 0.0697. The van der Waals surface area contributed by atoms with E-state index in [1.165, 1.54) is 13.3 Å². The fourth-order valence-electron chi connectivity index (χ4n) is 1.51. The summed E-state index contributed by atoms with van der Waals surface area (Å²) >= 11 is 0. The number of hydrogen-bond acceptors (Lipinski definition) is 5. The van der Waals surface area contributed by atoms with E-state index in [1.807, 2.05) is 0 Å². The molecule has 0 aliphatic heterocycles. The van der Waals surface area contributed by atoms with Crippen molar-refractivity contribution in [3.8, 4) is 5.88 Å². The van der Waals surface area contributed by atoms with Crippen molar-refractivity contribution < 1.29 is 24.5 Å². The highest BCUT2D eigenvalue weighted by atomic mass is 16.5. The van der Waals surface area contributed by atoms with Crippen molar-refractivity contribution >= 4 is 11.9 Å². The molecule has 3 N–H and O–H groups in total. The highest BCUT2D eigenvalue weighted by Crippen LogP contribution is 2.18. The van der Waals surface area contributed by atoms with Gasteiger partial charge < -0.3 is 20.3 Å².